The molecule has 1 rings (SSSR count). The van der Waals surface area contributed by atoms with Gasteiger partial charge in [-0.25, -0.2) is 0 Å². The molecule has 0 amide bonds. The highest BCUT2D eigenvalue weighted by molar-refractivity contribution is 5.95. The number of carbonyl (C=O) groups is 1. The fourth-order valence-electron chi connectivity index (χ4n) is 2.21. The Balaban J connectivity index is 2.61. The first-order valence-corrected chi connectivity index (χ1v) is 7.64. The zero-order valence-corrected chi connectivity index (χ0v) is 12.6. The van der Waals surface area contributed by atoms with E-state index in [0.29, 0.717) is 18.4 Å². The number of benzene rings is 1. The molecule has 0 aromatic heterocycles. The summed E-state index contributed by atoms with van der Waals surface area (Å²) >= 11 is 0. The minimum Gasteiger partial charge on any atom is -0.388 e. The number of rotatable bonds is 9. The van der Waals surface area contributed by atoms with Gasteiger partial charge in [0.15, 0.2) is 5.78 Å². The predicted molar refractivity (Wildman–Crippen MR) is 83.7 cm³/mol. The molecule has 0 spiro atoms. The van der Waals surface area contributed by atoms with E-state index in [1.807, 2.05) is 31.2 Å². The molecule has 1 aromatic carbocycles. The van der Waals surface area contributed by atoms with E-state index in [4.69, 9.17) is 0 Å². The Hall–Kier alpha value is -1.41. The first-order chi connectivity index (χ1) is 9.69. The largest absolute Gasteiger partial charge is 0.388 e. The molecule has 1 unspecified atom stereocenters. The van der Waals surface area contributed by atoms with Crippen molar-refractivity contribution in [2.24, 2.45) is 0 Å². The first-order valence-electron chi connectivity index (χ1n) is 7.64. The first kappa shape index (κ1) is 16.6. The normalized spacial score (nSPS) is 13.2. The highest BCUT2D eigenvalue weighted by atomic mass is 16.3. The lowest BCUT2D eigenvalue weighted by Crippen LogP contribution is -2.18. The van der Waals surface area contributed by atoms with Gasteiger partial charge in [-0.15, -0.1) is 0 Å². The zero-order valence-electron chi connectivity index (χ0n) is 12.6. The molecule has 1 aromatic rings. The molecule has 0 saturated carbocycles. The number of aliphatic hydroxyl groups excluding tert-OH is 1. The Morgan fingerprint density at radius 2 is 1.95 bits per heavy atom. The van der Waals surface area contributed by atoms with E-state index in [9.17, 15) is 9.90 Å². The molecular formula is C18H26O2. The lowest BCUT2D eigenvalue weighted by atomic mass is 9.96. The molecule has 0 aliphatic rings. The van der Waals surface area contributed by atoms with Crippen LogP contribution in [0.4, 0.5) is 0 Å². The molecule has 0 aliphatic carbocycles. The topological polar surface area (TPSA) is 37.3 Å². The molecule has 2 heteroatoms. The number of carbonyl (C=O) groups excluding carboxylic acids is 1. The lowest BCUT2D eigenvalue weighted by Gasteiger charge is -2.14. The number of hydrogen-bond acceptors (Lipinski definition) is 2. The van der Waals surface area contributed by atoms with E-state index in [2.05, 4.69) is 19.1 Å². The van der Waals surface area contributed by atoms with Gasteiger partial charge < -0.3 is 5.11 Å². The summed E-state index contributed by atoms with van der Waals surface area (Å²) in [6.07, 6.45) is 6.19. The third-order valence-corrected chi connectivity index (χ3v) is 3.47. The second-order valence-corrected chi connectivity index (χ2v) is 5.12. The van der Waals surface area contributed by atoms with Crippen LogP contribution >= 0.6 is 0 Å². The number of unbranched alkanes of at least 4 members (excludes halogenated alkanes) is 2. The van der Waals surface area contributed by atoms with Crippen LogP contribution in [0.25, 0.3) is 0 Å². The smallest absolute Gasteiger partial charge is 0.160 e. The Kier molecular flexibility index (Phi) is 7.89. The number of ketones is 1. The van der Waals surface area contributed by atoms with Crippen molar-refractivity contribution in [1.82, 2.24) is 0 Å². The van der Waals surface area contributed by atoms with Gasteiger partial charge >= 0.3 is 0 Å². The third kappa shape index (κ3) is 5.70. The van der Waals surface area contributed by atoms with Crippen molar-refractivity contribution in [2.75, 3.05) is 0 Å². The van der Waals surface area contributed by atoms with E-state index in [0.717, 1.165) is 25.7 Å². The maximum Gasteiger partial charge on any atom is 0.160 e. The van der Waals surface area contributed by atoms with E-state index in [1.54, 1.807) is 0 Å². The Morgan fingerprint density at radius 1 is 1.25 bits per heavy atom. The number of hydrogen-bond donors (Lipinski definition) is 1. The van der Waals surface area contributed by atoms with Crippen LogP contribution in [0.5, 0.6) is 0 Å². The van der Waals surface area contributed by atoms with Gasteiger partial charge in [0.05, 0.1) is 6.10 Å². The molecule has 110 valence electrons. The van der Waals surface area contributed by atoms with Crippen LogP contribution in [0.2, 0.25) is 0 Å². The molecule has 1 atom stereocenters. The third-order valence-electron chi connectivity index (χ3n) is 3.47. The summed E-state index contributed by atoms with van der Waals surface area (Å²) in [5, 5.41) is 10.3. The van der Waals surface area contributed by atoms with Gasteiger partial charge in [-0.3, -0.25) is 4.79 Å². The molecule has 0 heterocycles. The van der Waals surface area contributed by atoms with Crippen LogP contribution < -0.4 is 0 Å². The summed E-state index contributed by atoms with van der Waals surface area (Å²) < 4.78 is 0. The van der Waals surface area contributed by atoms with E-state index in [-0.39, 0.29) is 5.78 Å². The number of aliphatic hydroxyl groups is 1. The van der Waals surface area contributed by atoms with E-state index < -0.39 is 6.10 Å². The van der Waals surface area contributed by atoms with Gasteiger partial charge in [-0.2, -0.15) is 0 Å². The van der Waals surface area contributed by atoms with Crippen LogP contribution in [0.15, 0.2) is 42.0 Å². The zero-order chi connectivity index (χ0) is 14.8. The predicted octanol–water partition coefficient (Wildman–Crippen LogP) is 4.08. The van der Waals surface area contributed by atoms with Gasteiger partial charge in [0.2, 0.25) is 0 Å². The molecule has 2 nitrogen and oxygen atoms in total. The Morgan fingerprint density at radius 3 is 2.55 bits per heavy atom. The highest BCUT2D eigenvalue weighted by Gasteiger charge is 2.16. The standard InChI is InChI=1S/C18H26O2/c1-3-5-7-12-16(17(19)4-2)18(20)14-13-15-10-8-6-9-11-15/h6,8-12,18,20H,3-5,7,13-14H2,1-2H3. The van der Waals surface area contributed by atoms with Crippen molar-refractivity contribution in [1.29, 1.82) is 0 Å². The summed E-state index contributed by atoms with van der Waals surface area (Å²) in [4.78, 5) is 11.9. The summed E-state index contributed by atoms with van der Waals surface area (Å²) in [7, 11) is 0. The lowest BCUT2D eigenvalue weighted by molar-refractivity contribution is -0.116. The van der Waals surface area contributed by atoms with E-state index in [1.165, 1.54) is 5.56 Å². The SMILES string of the molecule is CCCCC=C(C(=O)CC)C(O)CCc1ccccc1. The highest BCUT2D eigenvalue weighted by Crippen LogP contribution is 2.15. The minimum absolute atomic E-state index is 0.0710. The molecule has 0 aliphatic heterocycles. The Labute approximate surface area is 122 Å². The van der Waals surface area contributed by atoms with Crippen molar-refractivity contribution < 1.29 is 9.90 Å². The summed E-state index contributed by atoms with van der Waals surface area (Å²) in [6.45, 7) is 3.97. The van der Waals surface area contributed by atoms with Gasteiger partial charge in [-0.05, 0) is 24.8 Å². The van der Waals surface area contributed by atoms with Gasteiger partial charge in [0.1, 0.15) is 0 Å². The molecular weight excluding hydrogens is 248 g/mol. The number of aryl methyl sites for hydroxylation is 1. The second-order valence-electron chi connectivity index (χ2n) is 5.12. The Bertz CT molecular complexity index is 420. The second kappa shape index (κ2) is 9.49. The average molecular weight is 274 g/mol. The molecule has 1 N–H and O–H groups in total. The van der Waals surface area contributed by atoms with Crippen molar-refractivity contribution in [3.63, 3.8) is 0 Å². The maximum atomic E-state index is 11.9. The van der Waals surface area contributed by atoms with Crippen molar-refractivity contribution in [2.45, 2.75) is 58.5 Å². The van der Waals surface area contributed by atoms with Crippen LogP contribution in [0, 0.1) is 0 Å². The monoisotopic (exact) mass is 274 g/mol. The van der Waals surface area contributed by atoms with Gasteiger partial charge in [-0.1, -0.05) is 63.1 Å². The van der Waals surface area contributed by atoms with Crippen LogP contribution in [-0.2, 0) is 11.2 Å². The molecule has 20 heavy (non-hydrogen) atoms. The van der Waals surface area contributed by atoms with Crippen LogP contribution in [0.1, 0.15) is 51.5 Å². The fraction of sp³-hybridized carbons (Fsp3) is 0.500. The summed E-state index contributed by atoms with van der Waals surface area (Å²) in [5.41, 5.74) is 1.81. The quantitative estimate of drug-likeness (QED) is 0.544. The molecule has 0 radical (unpaired) electrons. The van der Waals surface area contributed by atoms with Crippen LogP contribution in [0.3, 0.4) is 0 Å². The fourth-order valence-corrected chi connectivity index (χ4v) is 2.21. The molecule has 0 saturated heterocycles. The maximum absolute atomic E-state index is 11.9. The molecule has 0 bridgehead atoms. The van der Waals surface area contributed by atoms with Crippen molar-refractivity contribution >= 4 is 5.78 Å². The number of allylic oxidation sites excluding steroid dienone is 1. The summed E-state index contributed by atoms with van der Waals surface area (Å²) in [5.74, 6) is 0.0710. The van der Waals surface area contributed by atoms with E-state index >= 15 is 0 Å². The van der Waals surface area contributed by atoms with Gasteiger partial charge in [0, 0.05) is 12.0 Å². The minimum atomic E-state index is -0.639. The van der Waals surface area contributed by atoms with Gasteiger partial charge in [0.25, 0.3) is 0 Å². The number of Topliss-reactive ketones (excluding diaryl/α,β-unsaturated/α-hetero) is 1. The van der Waals surface area contributed by atoms with Crippen molar-refractivity contribution in [3.8, 4) is 0 Å². The molecule has 0 fully saturated rings. The average Bonchev–Trinajstić information content (AvgIpc) is 2.49. The van der Waals surface area contributed by atoms with Crippen molar-refractivity contribution in [3.05, 3.63) is 47.5 Å². The van der Waals surface area contributed by atoms with Crippen LogP contribution in [-0.4, -0.2) is 17.0 Å². The summed E-state index contributed by atoms with van der Waals surface area (Å²) in [6, 6.07) is 10.1.